The second kappa shape index (κ2) is 5.08. The molecule has 0 atom stereocenters. The van der Waals surface area contributed by atoms with Crippen LogP contribution in [0.5, 0.6) is 0 Å². The van der Waals surface area contributed by atoms with Gasteiger partial charge in [0.25, 0.3) is 0 Å². The Kier molecular flexibility index (Phi) is 3.29. The molecule has 0 heterocycles. The van der Waals surface area contributed by atoms with Gasteiger partial charge >= 0.3 is 0 Å². The fourth-order valence-electron chi connectivity index (χ4n) is 1.46. The van der Waals surface area contributed by atoms with Crippen LogP contribution in [-0.2, 0) is 0 Å². The standard InChI is InChI=1S/C15H13N/c16-15(14-9-5-2-6-10-14)12-11-13-7-3-1-4-8-13/h1-12,16H. The predicted molar refractivity (Wildman–Crippen MR) is 68.7 cm³/mol. The number of hydrogen-bond acceptors (Lipinski definition) is 1. The molecule has 0 aliphatic carbocycles. The van der Waals surface area contributed by atoms with E-state index >= 15 is 0 Å². The summed E-state index contributed by atoms with van der Waals surface area (Å²) in [7, 11) is 0. The summed E-state index contributed by atoms with van der Waals surface area (Å²) in [6.45, 7) is 0. The molecule has 0 fully saturated rings. The van der Waals surface area contributed by atoms with Gasteiger partial charge in [-0.2, -0.15) is 0 Å². The van der Waals surface area contributed by atoms with Crippen molar-refractivity contribution in [2.45, 2.75) is 0 Å². The van der Waals surface area contributed by atoms with Gasteiger partial charge in [0.15, 0.2) is 0 Å². The predicted octanol–water partition coefficient (Wildman–Crippen LogP) is 3.77. The van der Waals surface area contributed by atoms with Crippen LogP contribution in [-0.4, -0.2) is 5.71 Å². The van der Waals surface area contributed by atoms with Crippen molar-refractivity contribution in [3.05, 3.63) is 77.9 Å². The molecule has 0 aliphatic rings. The first-order valence-electron chi connectivity index (χ1n) is 5.23. The third-order valence-corrected chi connectivity index (χ3v) is 2.33. The molecule has 0 radical (unpaired) electrons. The summed E-state index contributed by atoms with van der Waals surface area (Å²) in [5.41, 5.74) is 2.59. The van der Waals surface area contributed by atoms with E-state index in [-0.39, 0.29) is 0 Å². The second-order valence-electron chi connectivity index (χ2n) is 3.52. The van der Waals surface area contributed by atoms with Crippen LogP contribution in [0, 0.1) is 5.41 Å². The highest BCUT2D eigenvalue weighted by atomic mass is 14.4. The van der Waals surface area contributed by atoms with Gasteiger partial charge in [0.05, 0.1) is 5.71 Å². The molecule has 0 unspecified atom stereocenters. The van der Waals surface area contributed by atoms with Gasteiger partial charge in [-0.25, -0.2) is 0 Å². The number of benzene rings is 2. The molecule has 16 heavy (non-hydrogen) atoms. The van der Waals surface area contributed by atoms with Crippen molar-refractivity contribution >= 4 is 11.8 Å². The Hall–Kier alpha value is -2.15. The minimum Gasteiger partial charge on any atom is -0.300 e. The van der Waals surface area contributed by atoms with E-state index in [0.717, 1.165) is 11.1 Å². The van der Waals surface area contributed by atoms with Crippen LogP contribution in [0.3, 0.4) is 0 Å². The Morgan fingerprint density at radius 3 is 2.00 bits per heavy atom. The van der Waals surface area contributed by atoms with Crippen LogP contribution in [0.25, 0.3) is 6.08 Å². The molecule has 2 aromatic rings. The topological polar surface area (TPSA) is 23.9 Å². The van der Waals surface area contributed by atoms with E-state index in [1.807, 2.05) is 72.8 Å². The summed E-state index contributed by atoms with van der Waals surface area (Å²) in [5, 5.41) is 7.89. The molecule has 0 spiro atoms. The zero-order chi connectivity index (χ0) is 11.2. The zero-order valence-electron chi connectivity index (χ0n) is 8.93. The van der Waals surface area contributed by atoms with Crippen LogP contribution in [0.1, 0.15) is 11.1 Å². The third-order valence-electron chi connectivity index (χ3n) is 2.33. The zero-order valence-corrected chi connectivity index (χ0v) is 8.93. The molecule has 78 valence electrons. The molecule has 0 aromatic heterocycles. The number of allylic oxidation sites excluding steroid dienone is 1. The van der Waals surface area contributed by atoms with E-state index in [1.54, 1.807) is 0 Å². The van der Waals surface area contributed by atoms with Gasteiger partial charge in [-0.15, -0.1) is 0 Å². The molecule has 1 heteroatoms. The molecule has 2 rings (SSSR count). The third kappa shape index (κ3) is 2.67. The van der Waals surface area contributed by atoms with Crippen LogP contribution in [0.4, 0.5) is 0 Å². The van der Waals surface area contributed by atoms with E-state index in [4.69, 9.17) is 5.41 Å². The molecule has 0 saturated heterocycles. The lowest BCUT2D eigenvalue weighted by Gasteiger charge is -1.97. The minimum absolute atomic E-state index is 0.532. The monoisotopic (exact) mass is 207 g/mol. The van der Waals surface area contributed by atoms with Gasteiger partial charge < -0.3 is 5.41 Å². The highest BCUT2D eigenvalue weighted by Crippen LogP contribution is 2.05. The van der Waals surface area contributed by atoms with Gasteiger partial charge in [0.1, 0.15) is 0 Å². The van der Waals surface area contributed by atoms with Crippen molar-refractivity contribution in [1.82, 2.24) is 0 Å². The van der Waals surface area contributed by atoms with Crippen molar-refractivity contribution < 1.29 is 0 Å². The lowest BCUT2D eigenvalue weighted by atomic mass is 10.1. The Bertz CT molecular complexity index is 483. The minimum atomic E-state index is 0.532. The lowest BCUT2D eigenvalue weighted by molar-refractivity contribution is 1.49. The fourth-order valence-corrected chi connectivity index (χ4v) is 1.46. The summed E-state index contributed by atoms with van der Waals surface area (Å²) in [6.07, 6.45) is 3.78. The summed E-state index contributed by atoms with van der Waals surface area (Å²) in [5.74, 6) is 0. The molecule has 0 bridgehead atoms. The highest BCUT2D eigenvalue weighted by Gasteiger charge is 1.94. The maximum absolute atomic E-state index is 7.89. The first-order chi connectivity index (χ1) is 7.86. The van der Waals surface area contributed by atoms with Gasteiger partial charge in [-0.3, -0.25) is 0 Å². The number of hydrogen-bond donors (Lipinski definition) is 1. The molecule has 0 saturated carbocycles. The largest absolute Gasteiger partial charge is 0.300 e. The second-order valence-corrected chi connectivity index (χ2v) is 3.52. The van der Waals surface area contributed by atoms with Gasteiger partial charge in [-0.1, -0.05) is 66.7 Å². The quantitative estimate of drug-likeness (QED) is 0.741. The SMILES string of the molecule is N=C(C=Cc1ccccc1)c1ccccc1. The molecule has 1 nitrogen and oxygen atoms in total. The average Bonchev–Trinajstić information content (AvgIpc) is 2.38. The van der Waals surface area contributed by atoms with Crippen LogP contribution in [0.2, 0.25) is 0 Å². The Morgan fingerprint density at radius 1 is 0.812 bits per heavy atom. The highest BCUT2D eigenvalue weighted by molar-refractivity contribution is 6.08. The number of rotatable bonds is 3. The molecular weight excluding hydrogens is 194 g/mol. The Morgan fingerprint density at radius 2 is 1.38 bits per heavy atom. The van der Waals surface area contributed by atoms with Crippen molar-refractivity contribution in [2.75, 3.05) is 0 Å². The number of nitrogens with one attached hydrogen (secondary N) is 1. The van der Waals surface area contributed by atoms with Crippen LogP contribution in [0.15, 0.2) is 66.7 Å². The summed E-state index contributed by atoms with van der Waals surface area (Å²) in [4.78, 5) is 0. The van der Waals surface area contributed by atoms with E-state index < -0.39 is 0 Å². The molecule has 1 N–H and O–H groups in total. The Labute approximate surface area is 95.6 Å². The van der Waals surface area contributed by atoms with Crippen molar-refractivity contribution in [3.8, 4) is 0 Å². The molecule has 2 aromatic carbocycles. The van der Waals surface area contributed by atoms with Crippen LogP contribution < -0.4 is 0 Å². The summed E-state index contributed by atoms with van der Waals surface area (Å²) >= 11 is 0. The first kappa shape index (κ1) is 10.4. The molecule has 0 aliphatic heterocycles. The van der Waals surface area contributed by atoms with E-state index in [0.29, 0.717) is 5.71 Å². The maximum Gasteiger partial charge on any atom is 0.0612 e. The summed E-state index contributed by atoms with van der Waals surface area (Å²) < 4.78 is 0. The van der Waals surface area contributed by atoms with Crippen molar-refractivity contribution in [3.63, 3.8) is 0 Å². The molecular formula is C15H13N. The summed E-state index contributed by atoms with van der Waals surface area (Å²) in [6, 6.07) is 19.7. The maximum atomic E-state index is 7.89. The normalized spacial score (nSPS) is 10.5. The van der Waals surface area contributed by atoms with Crippen molar-refractivity contribution in [1.29, 1.82) is 5.41 Å². The first-order valence-corrected chi connectivity index (χ1v) is 5.23. The average molecular weight is 207 g/mol. The lowest BCUT2D eigenvalue weighted by Crippen LogP contribution is -1.92. The Balaban J connectivity index is 2.12. The van der Waals surface area contributed by atoms with Gasteiger partial charge in [-0.05, 0) is 17.2 Å². The molecule has 0 amide bonds. The smallest absolute Gasteiger partial charge is 0.0612 e. The van der Waals surface area contributed by atoms with E-state index in [1.165, 1.54) is 0 Å². The van der Waals surface area contributed by atoms with Gasteiger partial charge in [0.2, 0.25) is 0 Å². The van der Waals surface area contributed by atoms with Crippen LogP contribution >= 0.6 is 0 Å². The van der Waals surface area contributed by atoms with Gasteiger partial charge in [0, 0.05) is 0 Å². The van der Waals surface area contributed by atoms with E-state index in [9.17, 15) is 0 Å². The van der Waals surface area contributed by atoms with Crippen molar-refractivity contribution in [2.24, 2.45) is 0 Å². The fraction of sp³-hybridized carbons (Fsp3) is 0. The van der Waals surface area contributed by atoms with E-state index in [2.05, 4.69) is 0 Å².